The number of nitrogens with one attached hydrogen (secondary N) is 1. The highest BCUT2D eigenvalue weighted by molar-refractivity contribution is 5.75. The maximum absolute atomic E-state index is 13.2. The molecule has 0 fully saturated rings. The second kappa shape index (κ2) is 3.78. The summed E-state index contributed by atoms with van der Waals surface area (Å²) in [6.07, 6.45) is 0.738. The Labute approximate surface area is 97.1 Å². The smallest absolute Gasteiger partial charge is 0.170 e. The van der Waals surface area contributed by atoms with Crippen LogP contribution in [0.15, 0.2) is 24.3 Å². The molecule has 0 bridgehead atoms. The van der Waals surface area contributed by atoms with Gasteiger partial charge in [-0.1, -0.05) is 6.07 Å². The van der Waals surface area contributed by atoms with Gasteiger partial charge in [-0.3, -0.25) is 4.79 Å². The fourth-order valence-electron chi connectivity index (χ4n) is 2.10. The number of halogens is 1. The number of nitrogens with zero attached hydrogens (tertiary/aromatic N) is 2. The molecule has 2 heterocycles. The summed E-state index contributed by atoms with van der Waals surface area (Å²) < 4.78 is 14.8. The van der Waals surface area contributed by atoms with Gasteiger partial charge < -0.3 is 5.32 Å². The largest absolute Gasteiger partial charge is 0.307 e. The summed E-state index contributed by atoms with van der Waals surface area (Å²) in [5.74, 6) is -0.314. The molecule has 1 aromatic heterocycles. The minimum absolute atomic E-state index is 0.314. The molecule has 1 aromatic carbocycles. The van der Waals surface area contributed by atoms with Crippen LogP contribution in [0.4, 0.5) is 4.39 Å². The first-order valence-electron chi connectivity index (χ1n) is 5.32. The fraction of sp³-hybridized carbons (Fsp3) is 0.167. The summed E-state index contributed by atoms with van der Waals surface area (Å²) in [6.45, 7) is 1.28. The van der Waals surface area contributed by atoms with Crippen molar-refractivity contribution >= 4 is 6.29 Å². The Morgan fingerprint density at radius 3 is 3.06 bits per heavy atom. The van der Waals surface area contributed by atoms with Crippen molar-refractivity contribution in [1.82, 2.24) is 15.1 Å². The van der Waals surface area contributed by atoms with Gasteiger partial charge in [0.15, 0.2) is 6.29 Å². The third-order valence-electron chi connectivity index (χ3n) is 2.88. The molecule has 5 heteroatoms. The van der Waals surface area contributed by atoms with E-state index in [4.69, 9.17) is 0 Å². The van der Waals surface area contributed by atoms with E-state index < -0.39 is 0 Å². The van der Waals surface area contributed by atoms with E-state index in [0.717, 1.165) is 17.5 Å². The average Bonchev–Trinajstić information content (AvgIpc) is 2.89. The summed E-state index contributed by atoms with van der Waals surface area (Å²) in [7, 11) is 0. The molecule has 1 aliphatic rings. The van der Waals surface area contributed by atoms with Crippen LogP contribution in [0.1, 0.15) is 21.7 Å². The normalized spacial score (nSPS) is 13.7. The Kier molecular flexibility index (Phi) is 2.26. The molecule has 3 rings (SSSR count). The van der Waals surface area contributed by atoms with Gasteiger partial charge in [0.05, 0.1) is 11.4 Å². The van der Waals surface area contributed by atoms with E-state index >= 15 is 0 Å². The molecule has 1 N–H and O–H groups in total. The molecule has 0 aliphatic carbocycles. The SMILES string of the molecule is O=Cc1nn(-c2cccc(F)c2)c2c1CNC2. The van der Waals surface area contributed by atoms with Crippen LogP contribution >= 0.6 is 0 Å². The summed E-state index contributed by atoms with van der Waals surface area (Å²) in [5.41, 5.74) is 2.90. The van der Waals surface area contributed by atoms with Crippen LogP contribution in [0.25, 0.3) is 5.69 Å². The monoisotopic (exact) mass is 231 g/mol. The number of carbonyl (C=O) groups is 1. The summed E-state index contributed by atoms with van der Waals surface area (Å²) in [6, 6.07) is 6.18. The Morgan fingerprint density at radius 1 is 1.41 bits per heavy atom. The van der Waals surface area contributed by atoms with Crippen molar-refractivity contribution in [2.45, 2.75) is 13.1 Å². The zero-order valence-electron chi connectivity index (χ0n) is 8.98. The van der Waals surface area contributed by atoms with Gasteiger partial charge in [0, 0.05) is 18.7 Å². The number of aromatic nitrogens is 2. The number of hydrogen-bond acceptors (Lipinski definition) is 3. The number of carbonyl (C=O) groups excluding carboxylic acids is 1. The van der Waals surface area contributed by atoms with E-state index in [-0.39, 0.29) is 5.82 Å². The summed E-state index contributed by atoms with van der Waals surface area (Å²) in [5, 5.41) is 7.36. The zero-order valence-corrected chi connectivity index (χ0v) is 8.98. The lowest BCUT2D eigenvalue weighted by molar-refractivity contribution is 0.111. The minimum atomic E-state index is -0.314. The lowest BCUT2D eigenvalue weighted by Gasteiger charge is -2.04. The molecule has 86 valence electrons. The molecular weight excluding hydrogens is 221 g/mol. The second-order valence-electron chi connectivity index (χ2n) is 3.92. The van der Waals surface area contributed by atoms with Crippen molar-refractivity contribution in [3.8, 4) is 5.69 Å². The molecule has 0 amide bonds. The van der Waals surface area contributed by atoms with Crippen LogP contribution in [-0.2, 0) is 13.1 Å². The Bertz CT molecular complexity index is 591. The number of rotatable bonds is 2. The molecule has 17 heavy (non-hydrogen) atoms. The maximum atomic E-state index is 13.2. The zero-order chi connectivity index (χ0) is 11.8. The van der Waals surface area contributed by atoms with Gasteiger partial charge in [0.2, 0.25) is 0 Å². The fourth-order valence-corrected chi connectivity index (χ4v) is 2.10. The first-order valence-corrected chi connectivity index (χ1v) is 5.32. The van der Waals surface area contributed by atoms with Crippen LogP contribution in [-0.4, -0.2) is 16.1 Å². The van der Waals surface area contributed by atoms with Crippen molar-refractivity contribution in [1.29, 1.82) is 0 Å². The predicted octanol–water partition coefficient (Wildman–Crippen LogP) is 1.43. The van der Waals surface area contributed by atoms with Crippen molar-refractivity contribution < 1.29 is 9.18 Å². The number of hydrogen-bond donors (Lipinski definition) is 1. The molecular formula is C12H10FN3O. The first-order chi connectivity index (χ1) is 8.29. The molecule has 4 nitrogen and oxygen atoms in total. The number of aldehydes is 1. The van der Waals surface area contributed by atoms with Crippen molar-refractivity contribution in [2.24, 2.45) is 0 Å². The molecule has 0 unspecified atom stereocenters. The Balaban J connectivity index is 2.18. The maximum Gasteiger partial charge on any atom is 0.170 e. The van der Waals surface area contributed by atoms with Crippen LogP contribution in [0.2, 0.25) is 0 Å². The van der Waals surface area contributed by atoms with Gasteiger partial charge in [-0.25, -0.2) is 9.07 Å². The van der Waals surface area contributed by atoms with E-state index in [1.807, 2.05) is 0 Å². The molecule has 0 spiro atoms. The quantitative estimate of drug-likeness (QED) is 0.795. The van der Waals surface area contributed by atoms with Gasteiger partial charge in [0.1, 0.15) is 11.5 Å². The average molecular weight is 231 g/mol. The van der Waals surface area contributed by atoms with Gasteiger partial charge in [-0.05, 0) is 18.2 Å². The molecule has 2 aromatic rings. The molecule has 0 saturated carbocycles. The second-order valence-corrected chi connectivity index (χ2v) is 3.92. The van der Waals surface area contributed by atoms with Gasteiger partial charge in [-0.15, -0.1) is 0 Å². The van der Waals surface area contributed by atoms with E-state index in [0.29, 0.717) is 24.5 Å². The molecule has 0 saturated heterocycles. The van der Waals surface area contributed by atoms with Crippen molar-refractivity contribution in [3.05, 3.63) is 47.0 Å². The van der Waals surface area contributed by atoms with Crippen LogP contribution < -0.4 is 5.32 Å². The van der Waals surface area contributed by atoms with Crippen molar-refractivity contribution in [2.75, 3.05) is 0 Å². The van der Waals surface area contributed by atoms with Crippen molar-refractivity contribution in [3.63, 3.8) is 0 Å². The van der Waals surface area contributed by atoms with Gasteiger partial charge in [-0.2, -0.15) is 5.10 Å². The highest BCUT2D eigenvalue weighted by Gasteiger charge is 2.22. The highest BCUT2D eigenvalue weighted by Crippen LogP contribution is 2.22. The Morgan fingerprint density at radius 2 is 2.29 bits per heavy atom. The third-order valence-corrected chi connectivity index (χ3v) is 2.88. The standard InChI is InChI=1S/C12H10FN3O/c13-8-2-1-3-9(4-8)16-12-6-14-5-10(12)11(7-17)15-16/h1-4,7,14H,5-6H2. The van der Waals surface area contributed by atoms with Crippen LogP contribution in [0.3, 0.4) is 0 Å². The molecule has 0 radical (unpaired) electrons. The minimum Gasteiger partial charge on any atom is -0.307 e. The summed E-state index contributed by atoms with van der Waals surface area (Å²) >= 11 is 0. The van der Waals surface area contributed by atoms with Crippen LogP contribution in [0.5, 0.6) is 0 Å². The van der Waals surface area contributed by atoms with Crippen LogP contribution in [0, 0.1) is 5.82 Å². The third kappa shape index (κ3) is 1.55. The molecule has 0 atom stereocenters. The van der Waals surface area contributed by atoms with Gasteiger partial charge in [0.25, 0.3) is 0 Å². The lowest BCUT2D eigenvalue weighted by Crippen LogP contribution is -2.08. The van der Waals surface area contributed by atoms with E-state index in [1.54, 1.807) is 16.8 Å². The van der Waals surface area contributed by atoms with E-state index in [1.165, 1.54) is 12.1 Å². The van der Waals surface area contributed by atoms with Gasteiger partial charge >= 0.3 is 0 Å². The first kappa shape index (κ1) is 10.2. The number of fused-ring (bicyclic) bond motifs is 1. The highest BCUT2D eigenvalue weighted by atomic mass is 19.1. The lowest BCUT2D eigenvalue weighted by atomic mass is 10.2. The summed E-state index contributed by atoms with van der Waals surface area (Å²) in [4.78, 5) is 10.9. The molecule has 1 aliphatic heterocycles. The van der Waals surface area contributed by atoms with E-state index in [2.05, 4.69) is 10.4 Å². The number of benzene rings is 1. The topological polar surface area (TPSA) is 46.9 Å². The Hall–Kier alpha value is -2.01. The van der Waals surface area contributed by atoms with E-state index in [9.17, 15) is 9.18 Å². The predicted molar refractivity (Wildman–Crippen MR) is 59.5 cm³/mol.